The zero-order valence-electron chi connectivity index (χ0n) is 13.2. The number of hydrogen-bond acceptors (Lipinski definition) is 3. The van der Waals surface area contributed by atoms with Crippen molar-refractivity contribution in [2.45, 2.75) is 39.7 Å². The summed E-state index contributed by atoms with van der Waals surface area (Å²) in [7, 11) is 0. The zero-order valence-corrected chi connectivity index (χ0v) is 13.2. The fourth-order valence-corrected chi connectivity index (χ4v) is 3.08. The van der Waals surface area contributed by atoms with E-state index in [0.717, 1.165) is 40.6 Å². The lowest BCUT2D eigenvalue weighted by Gasteiger charge is -2.10. The molecule has 0 fully saturated rings. The molecule has 1 heterocycles. The Bertz CT molecular complexity index is 689. The summed E-state index contributed by atoms with van der Waals surface area (Å²) in [6.45, 7) is 5.24. The molecule has 2 aromatic rings. The number of aliphatic hydroxyl groups is 1. The Morgan fingerprint density at radius 2 is 2.09 bits per heavy atom. The monoisotopic (exact) mass is 304 g/mol. The molecule has 120 valence electrons. The molecule has 0 spiro atoms. The lowest BCUT2D eigenvalue weighted by atomic mass is 10.0. The van der Waals surface area contributed by atoms with Crippen LogP contribution in [-0.4, -0.2) is 33.9 Å². The first-order chi connectivity index (χ1) is 10.5. The maximum absolute atomic E-state index is 11.7. The molecule has 0 aliphatic carbocycles. The van der Waals surface area contributed by atoms with Crippen LogP contribution < -0.4 is 5.73 Å². The lowest BCUT2D eigenvalue weighted by molar-refractivity contribution is 0.0698. The van der Waals surface area contributed by atoms with E-state index in [1.54, 1.807) is 6.07 Å². The van der Waals surface area contributed by atoms with Gasteiger partial charge in [-0.3, -0.25) is 0 Å². The number of nitrogens with two attached hydrogens (primary N) is 1. The second kappa shape index (κ2) is 6.94. The minimum Gasteiger partial charge on any atom is -0.478 e. The number of aliphatic hydroxyl groups excluding tert-OH is 1. The third-order valence-electron chi connectivity index (χ3n) is 4.18. The van der Waals surface area contributed by atoms with Crippen LogP contribution in [-0.2, 0) is 19.4 Å². The second-order valence-electron chi connectivity index (χ2n) is 5.53. The minimum absolute atomic E-state index is 0.0841. The summed E-state index contributed by atoms with van der Waals surface area (Å²) < 4.78 is 2.01. The van der Waals surface area contributed by atoms with Crippen LogP contribution in [0.25, 0.3) is 10.9 Å². The van der Waals surface area contributed by atoms with Crippen molar-refractivity contribution in [3.63, 3.8) is 0 Å². The highest BCUT2D eigenvalue weighted by atomic mass is 16.4. The molecule has 0 saturated heterocycles. The number of fused-ring (bicyclic) bond motifs is 1. The van der Waals surface area contributed by atoms with Gasteiger partial charge in [-0.1, -0.05) is 6.92 Å². The van der Waals surface area contributed by atoms with Gasteiger partial charge >= 0.3 is 5.97 Å². The highest BCUT2D eigenvalue weighted by Gasteiger charge is 2.20. The van der Waals surface area contributed by atoms with Gasteiger partial charge in [0.05, 0.1) is 11.1 Å². The molecule has 0 bridgehead atoms. The van der Waals surface area contributed by atoms with Crippen LogP contribution in [0.5, 0.6) is 0 Å². The Hall–Kier alpha value is -1.85. The van der Waals surface area contributed by atoms with Gasteiger partial charge < -0.3 is 20.5 Å². The van der Waals surface area contributed by atoms with Gasteiger partial charge in [-0.05, 0) is 56.0 Å². The quantitative estimate of drug-likeness (QED) is 0.731. The van der Waals surface area contributed by atoms with E-state index >= 15 is 0 Å². The Labute approximate surface area is 130 Å². The summed E-state index contributed by atoms with van der Waals surface area (Å²) in [5.41, 5.74) is 9.99. The topological polar surface area (TPSA) is 88.5 Å². The van der Waals surface area contributed by atoms with Gasteiger partial charge in [0.1, 0.15) is 0 Å². The van der Waals surface area contributed by atoms with Crippen molar-refractivity contribution in [3.8, 4) is 0 Å². The van der Waals surface area contributed by atoms with Gasteiger partial charge in [-0.15, -0.1) is 0 Å². The highest BCUT2D eigenvalue weighted by molar-refractivity contribution is 6.04. The first kappa shape index (κ1) is 16.5. The third kappa shape index (κ3) is 2.87. The molecule has 0 atom stereocenters. The Morgan fingerprint density at radius 3 is 2.64 bits per heavy atom. The molecule has 0 saturated carbocycles. The molecule has 4 N–H and O–H groups in total. The molecule has 0 aliphatic rings. The average molecular weight is 304 g/mol. The number of rotatable bonds is 7. The van der Waals surface area contributed by atoms with Gasteiger partial charge in [0.25, 0.3) is 0 Å². The standard InChI is InChI=1S/C17H24N2O3/c1-3-12-9-14-13(5-6-18)11(2)19(7-4-8-20)16(14)15(10-12)17(21)22/h9-10,20H,3-8,18H2,1-2H3,(H,21,22). The van der Waals surface area contributed by atoms with E-state index in [2.05, 4.69) is 6.07 Å². The summed E-state index contributed by atoms with van der Waals surface area (Å²) >= 11 is 0. The molecule has 22 heavy (non-hydrogen) atoms. The summed E-state index contributed by atoms with van der Waals surface area (Å²) in [4.78, 5) is 11.7. The minimum atomic E-state index is -0.914. The molecular weight excluding hydrogens is 280 g/mol. The number of hydrogen-bond donors (Lipinski definition) is 3. The van der Waals surface area contributed by atoms with E-state index in [9.17, 15) is 9.90 Å². The van der Waals surface area contributed by atoms with E-state index in [4.69, 9.17) is 10.8 Å². The van der Waals surface area contributed by atoms with Gasteiger partial charge in [0.2, 0.25) is 0 Å². The van der Waals surface area contributed by atoms with Crippen LogP contribution in [0.15, 0.2) is 12.1 Å². The van der Waals surface area contributed by atoms with Gasteiger partial charge in [-0.2, -0.15) is 0 Å². The smallest absolute Gasteiger partial charge is 0.337 e. The summed E-state index contributed by atoms with van der Waals surface area (Å²) in [6.07, 6.45) is 2.11. The van der Waals surface area contributed by atoms with Crippen LogP contribution in [0.1, 0.15) is 40.5 Å². The summed E-state index contributed by atoms with van der Waals surface area (Å²) in [6, 6.07) is 3.83. The predicted octanol–water partition coefficient (Wildman–Crippen LogP) is 2.09. The molecule has 0 radical (unpaired) electrons. The fraction of sp³-hybridized carbons (Fsp3) is 0.471. The SMILES string of the molecule is CCc1cc(C(=O)O)c2c(c1)c(CCN)c(C)n2CCCO. The molecule has 0 unspecified atom stereocenters. The normalized spacial score (nSPS) is 11.3. The van der Waals surface area contributed by atoms with Crippen molar-refractivity contribution in [2.24, 2.45) is 5.73 Å². The largest absolute Gasteiger partial charge is 0.478 e. The lowest BCUT2D eigenvalue weighted by Crippen LogP contribution is -2.07. The van der Waals surface area contributed by atoms with Crippen LogP contribution >= 0.6 is 0 Å². The summed E-state index contributed by atoms with van der Waals surface area (Å²) in [5.74, 6) is -0.914. The van der Waals surface area contributed by atoms with Gasteiger partial charge in [0.15, 0.2) is 0 Å². The van der Waals surface area contributed by atoms with Crippen LogP contribution in [0.2, 0.25) is 0 Å². The summed E-state index contributed by atoms with van der Waals surface area (Å²) in [5, 5.41) is 19.7. The first-order valence-corrected chi connectivity index (χ1v) is 7.73. The van der Waals surface area contributed by atoms with Crippen LogP contribution in [0, 0.1) is 6.92 Å². The van der Waals surface area contributed by atoms with E-state index in [1.165, 1.54) is 0 Å². The Kier molecular flexibility index (Phi) is 5.21. The molecule has 0 amide bonds. The molecule has 5 nitrogen and oxygen atoms in total. The predicted molar refractivity (Wildman–Crippen MR) is 87.5 cm³/mol. The molecule has 0 aliphatic heterocycles. The number of aryl methyl sites for hydroxylation is 2. The van der Waals surface area contributed by atoms with Crippen molar-refractivity contribution >= 4 is 16.9 Å². The molecule has 1 aromatic heterocycles. The zero-order chi connectivity index (χ0) is 16.3. The highest BCUT2D eigenvalue weighted by Crippen LogP contribution is 2.31. The molecular formula is C17H24N2O3. The number of carboxylic acids is 1. The Morgan fingerprint density at radius 1 is 1.36 bits per heavy atom. The third-order valence-corrected chi connectivity index (χ3v) is 4.18. The van der Waals surface area contributed by atoms with E-state index in [1.807, 2.05) is 18.4 Å². The second-order valence-corrected chi connectivity index (χ2v) is 5.53. The van der Waals surface area contributed by atoms with Crippen molar-refractivity contribution in [2.75, 3.05) is 13.2 Å². The van der Waals surface area contributed by atoms with Crippen molar-refractivity contribution in [1.29, 1.82) is 0 Å². The Balaban J connectivity index is 2.81. The van der Waals surface area contributed by atoms with Crippen LogP contribution in [0.4, 0.5) is 0 Å². The number of aromatic carboxylic acids is 1. The number of carboxylic acid groups (broad SMARTS) is 1. The first-order valence-electron chi connectivity index (χ1n) is 7.73. The van der Waals surface area contributed by atoms with Crippen molar-refractivity contribution in [1.82, 2.24) is 4.57 Å². The average Bonchev–Trinajstić information content (AvgIpc) is 2.77. The van der Waals surface area contributed by atoms with Crippen molar-refractivity contribution in [3.05, 3.63) is 34.5 Å². The van der Waals surface area contributed by atoms with Gasteiger partial charge in [0, 0.05) is 24.2 Å². The number of carbonyl (C=O) groups is 1. The molecule has 2 rings (SSSR count). The number of nitrogens with zero attached hydrogens (tertiary/aromatic N) is 1. The van der Waals surface area contributed by atoms with Crippen LogP contribution in [0.3, 0.4) is 0 Å². The number of benzene rings is 1. The van der Waals surface area contributed by atoms with E-state index in [0.29, 0.717) is 25.1 Å². The number of aromatic nitrogens is 1. The molecule has 1 aromatic carbocycles. The maximum atomic E-state index is 11.7. The van der Waals surface area contributed by atoms with E-state index in [-0.39, 0.29) is 6.61 Å². The van der Waals surface area contributed by atoms with Gasteiger partial charge in [-0.25, -0.2) is 4.79 Å². The fourth-order valence-electron chi connectivity index (χ4n) is 3.08. The van der Waals surface area contributed by atoms with E-state index < -0.39 is 5.97 Å². The molecule has 5 heteroatoms. The maximum Gasteiger partial charge on any atom is 0.337 e. The van der Waals surface area contributed by atoms with Crippen molar-refractivity contribution < 1.29 is 15.0 Å².